The Balaban J connectivity index is 1.37. The van der Waals surface area contributed by atoms with Crippen LogP contribution in [0.3, 0.4) is 0 Å². The number of ether oxygens (including phenoxy) is 2. The molecule has 0 aromatic heterocycles. The van der Waals surface area contributed by atoms with Gasteiger partial charge in [0.25, 0.3) is 5.91 Å². The van der Waals surface area contributed by atoms with Gasteiger partial charge in [-0.05, 0) is 24.6 Å². The zero-order valence-electron chi connectivity index (χ0n) is 16.6. The van der Waals surface area contributed by atoms with Crippen molar-refractivity contribution >= 4 is 29.6 Å². The molecule has 2 heterocycles. The van der Waals surface area contributed by atoms with Crippen molar-refractivity contribution in [1.29, 1.82) is 0 Å². The molecule has 0 aliphatic carbocycles. The van der Waals surface area contributed by atoms with Crippen LogP contribution in [0.25, 0.3) is 0 Å². The average Bonchev–Trinajstić information content (AvgIpc) is 2.98. The second-order valence-corrected chi connectivity index (χ2v) is 7.17. The molecule has 160 valence electrons. The fourth-order valence-electron chi connectivity index (χ4n) is 3.40. The van der Waals surface area contributed by atoms with Crippen LogP contribution >= 0.6 is 0 Å². The number of rotatable bonds is 4. The van der Waals surface area contributed by atoms with E-state index in [0.29, 0.717) is 36.0 Å². The third kappa shape index (κ3) is 4.00. The molecular formula is C21H20N4O6. The van der Waals surface area contributed by atoms with Crippen molar-refractivity contribution in [2.75, 3.05) is 25.1 Å². The Hall–Kier alpha value is -4.08. The summed E-state index contributed by atoms with van der Waals surface area (Å²) in [6.45, 7) is 1.81. The van der Waals surface area contributed by atoms with E-state index in [0.717, 1.165) is 4.90 Å². The van der Waals surface area contributed by atoms with Gasteiger partial charge < -0.3 is 20.1 Å². The second kappa shape index (κ2) is 7.98. The lowest BCUT2D eigenvalue weighted by atomic mass is 9.92. The van der Waals surface area contributed by atoms with Crippen molar-refractivity contribution in [1.82, 2.24) is 15.5 Å². The van der Waals surface area contributed by atoms with E-state index < -0.39 is 36.0 Å². The van der Waals surface area contributed by atoms with Crippen molar-refractivity contribution in [2.24, 2.45) is 0 Å². The van der Waals surface area contributed by atoms with Gasteiger partial charge in [0.2, 0.25) is 5.91 Å². The van der Waals surface area contributed by atoms with Crippen molar-refractivity contribution in [3.8, 4) is 11.5 Å². The van der Waals surface area contributed by atoms with Gasteiger partial charge in [0.1, 0.15) is 25.3 Å². The Kier molecular flexibility index (Phi) is 5.20. The molecule has 4 rings (SSSR count). The van der Waals surface area contributed by atoms with Gasteiger partial charge in [-0.25, -0.2) is 9.59 Å². The quantitative estimate of drug-likeness (QED) is 0.640. The number of benzene rings is 2. The fourth-order valence-corrected chi connectivity index (χ4v) is 3.40. The van der Waals surface area contributed by atoms with Crippen molar-refractivity contribution in [3.05, 3.63) is 54.1 Å². The first-order valence-electron chi connectivity index (χ1n) is 9.57. The number of hydrogen-bond donors (Lipinski definition) is 3. The lowest BCUT2D eigenvalue weighted by Crippen LogP contribution is -2.45. The van der Waals surface area contributed by atoms with E-state index in [1.807, 2.05) is 0 Å². The number of urea groups is 2. The van der Waals surface area contributed by atoms with E-state index in [1.54, 1.807) is 55.5 Å². The van der Waals surface area contributed by atoms with Crippen LogP contribution in [-0.4, -0.2) is 48.5 Å². The van der Waals surface area contributed by atoms with Crippen LogP contribution in [-0.2, 0) is 15.1 Å². The smallest absolute Gasteiger partial charge is 0.325 e. The molecule has 2 aromatic rings. The van der Waals surface area contributed by atoms with E-state index >= 15 is 0 Å². The highest BCUT2D eigenvalue weighted by Crippen LogP contribution is 2.32. The summed E-state index contributed by atoms with van der Waals surface area (Å²) in [5.74, 6) is -0.342. The summed E-state index contributed by atoms with van der Waals surface area (Å²) in [6, 6.07) is 12.0. The fraction of sp³-hybridized carbons (Fsp3) is 0.238. The molecule has 2 aliphatic rings. The Morgan fingerprint density at radius 2 is 1.77 bits per heavy atom. The topological polar surface area (TPSA) is 126 Å². The van der Waals surface area contributed by atoms with Crippen LogP contribution < -0.4 is 25.4 Å². The first kappa shape index (κ1) is 20.2. The highest BCUT2D eigenvalue weighted by Gasteiger charge is 2.49. The predicted molar refractivity (Wildman–Crippen MR) is 109 cm³/mol. The van der Waals surface area contributed by atoms with E-state index in [1.165, 1.54) is 0 Å². The normalized spacial score (nSPS) is 19.6. The number of anilines is 1. The minimum atomic E-state index is -1.29. The molecule has 2 aromatic carbocycles. The van der Waals surface area contributed by atoms with Gasteiger partial charge in [0.15, 0.2) is 11.5 Å². The Morgan fingerprint density at radius 3 is 2.52 bits per heavy atom. The molecule has 0 spiro atoms. The number of fused-ring (bicyclic) bond motifs is 1. The Bertz CT molecular complexity index is 1060. The molecule has 0 bridgehead atoms. The van der Waals surface area contributed by atoms with Gasteiger partial charge in [-0.3, -0.25) is 19.8 Å². The summed E-state index contributed by atoms with van der Waals surface area (Å²) < 4.78 is 10.9. The van der Waals surface area contributed by atoms with Gasteiger partial charge in [0.05, 0.1) is 0 Å². The van der Waals surface area contributed by atoms with Crippen molar-refractivity contribution in [3.63, 3.8) is 0 Å². The van der Waals surface area contributed by atoms with Crippen LogP contribution in [0.15, 0.2) is 48.5 Å². The predicted octanol–water partition coefficient (Wildman–Crippen LogP) is 1.57. The molecule has 0 unspecified atom stereocenters. The van der Waals surface area contributed by atoms with E-state index in [4.69, 9.17) is 9.47 Å². The van der Waals surface area contributed by atoms with Crippen molar-refractivity contribution in [2.45, 2.75) is 12.5 Å². The van der Waals surface area contributed by atoms with Crippen molar-refractivity contribution < 1.29 is 28.7 Å². The maximum absolute atomic E-state index is 12.8. The van der Waals surface area contributed by atoms with Crippen LogP contribution in [0.4, 0.5) is 15.3 Å². The number of carbonyl (C=O) groups is 4. The van der Waals surface area contributed by atoms with E-state index in [9.17, 15) is 19.2 Å². The summed E-state index contributed by atoms with van der Waals surface area (Å²) in [5.41, 5.74) is -0.305. The summed E-state index contributed by atoms with van der Waals surface area (Å²) >= 11 is 0. The number of carbonyl (C=O) groups excluding carboxylic acids is 4. The van der Waals surface area contributed by atoms with Gasteiger partial charge in [0, 0.05) is 11.8 Å². The maximum Gasteiger partial charge on any atom is 0.325 e. The lowest BCUT2D eigenvalue weighted by Gasteiger charge is -2.22. The molecule has 1 atom stereocenters. The standard InChI is InChI=1S/C21H20N4O6/c1-21(13-5-3-2-4-6-13)18(27)25(20(29)24-21)12-17(26)23-19(28)22-14-7-8-15-16(11-14)31-10-9-30-15/h2-8,11H,9-10,12H2,1H3,(H,24,29)(H2,22,23,26,28)/t21-/m1/s1. The zero-order chi connectivity index (χ0) is 22.0. The molecule has 10 heteroatoms. The number of imide groups is 2. The second-order valence-electron chi connectivity index (χ2n) is 7.17. The molecule has 1 fully saturated rings. The first-order chi connectivity index (χ1) is 14.9. The molecule has 31 heavy (non-hydrogen) atoms. The number of amides is 6. The number of nitrogens with zero attached hydrogens (tertiary/aromatic N) is 1. The Labute approximate surface area is 177 Å². The minimum absolute atomic E-state index is 0.390. The third-order valence-electron chi connectivity index (χ3n) is 4.98. The highest BCUT2D eigenvalue weighted by atomic mass is 16.6. The highest BCUT2D eigenvalue weighted by molar-refractivity contribution is 6.10. The summed E-state index contributed by atoms with van der Waals surface area (Å²) in [7, 11) is 0. The molecule has 0 radical (unpaired) electrons. The molecular weight excluding hydrogens is 404 g/mol. The largest absolute Gasteiger partial charge is 0.486 e. The van der Waals surface area contributed by atoms with Gasteiger partial charge in [-0.1, -0.05) is 30.3 Å². The number of nitrogens with one attached hydrogen (secondary N) is 3. The number of hydrogen-bond acceptors (Lipinski definition) is 6. The molecule has 0 saturated carbocycles. The summed E-state index contributed by atoms with van der Waals surface area (Å²) in [6.07, 6.45) is 0. The molecule has 3 N–H and O–H groups in total. The third-order valence-corrected chi connectivity index (χ3v) is 4.98. The Morgan fingerprint density at radius 1 is 1.06 bits per heavy atom. The molecule has 1 saturated heterocycles. The van der Waals surface area contributed by atoms with Crippen LogP contribution in [0.2, 0.25) is 0 Å². The lowest BCUT2D eigenvalue weighted by molar-refractivity contribution is -0.134. The zero-order valence-corrected chi connectivity index (χ0v) is 16.6. The van der Waals surface area contributed by atoms with E-state index in [2.05, 4.69) is 16.0 Å². The summed E-state index contributed by atoms with van der Waals surface area (Å²) in [5, 5.41) is 7.22. The average molecular weight is 424 g/mol. The molecule has 6 amide bonds. The van der Waals surface area contributed by atoms with Gasteiger partial charge in [-0.15, -0.1) is 0 Å². The summed E-state index contributed by atoms with van der Waals surface area (Å²) in [4.78, 5) is 50.3. The van der Waals surface area contributed by atoms with Gasteiger partial charge in [-0.2, -0.15) is 0 Å². The van der Waals surface area contributed by atoms with E-state index in [-0.39, 0.29) is 0 Å². The van der Waals surface area contributed by atoms with Crippen LogP contribution in [0, 0.1) is 0 Å². The molecule has 10 nitrogen and oxygen atoms in total. The minimum Gasteiger partial charge on any atom is -0.486 e. The van der Waals surface area contributed by atoms with Gasteiger partial charge >= 0.3 is 12.1 Å². The maximum atomic E-state index is 12.8. The monoisotopic (exact) mass is 424 g/mol. The van der Waals surface area contributed by atoms with Crippen LogP contribution in [0.1, 0.15) is 12.5 Å². The SMILES string of the molecule is C[C@]1(c2ccccc2)NC(=O)N(CC(=O)NC(=O)Nc2ccc3c(c2)OCCO3)C1=O. The van der Waals surface area contributed by atoms with Crippen LogP contribution in [0.5, 0.6) is 11.5 Å². The molecule has 2 aliphatic heterocycles. The first-order valence-corrected chi connectivity index (χ1v) is 9.57.